The van der Waals surface area contributed by atoms with Crippen molar-refractivity contribution in [2.24, 2.45) is 0 Å². The lowest BCUT2D eigenvalue weighted by Crippen LogP contribution is -2.50. The van der Waals surface area contributed by atoms with E-state index in [2.05, 4.69) is 37.4 Å². The third-order valence-electron chi connectivity index (χ3n) is 7.33. The predicted octanol–water partition coefficient (Wildman–Crippen LogP) is 4.74. The molecule has 1 N–H and O–H groups in total. The SMILES string of the molecule is COc1ccc(-c2cc(C(=O)Nc3ccc(N4CCN5CCCC5C4)cc3)c3c(C)noc3n2)cc1. The first-order valence-corrected chi connectivity index (χ1v) is 12.4. The number of carbonyl (C=O) groups excluding carboxylic acids is 1. The normalized spacial score (nSPS) is 17.8. The monoisotopic (exact) mass is 483 g/mol. The number of hydrogen-bond acceptors (Lipinski definition) is 7. The molecule has 6 rings (SSSR count). The van der Waals surface area contributed by atoms with Crippen molar-refractivity contribution in [1.82, 2.24) is 15.0 Å². The van der Waals surface area contributed by atoms with E-state index in [4.69, 9.17) is 9.26 Å². The van der Waals surface area contributed by atoms with Crippen LogP contribution in [-0.2, 0) is 0 Å². The maximum absolute atomic E-state index is 13.4. The first kappa shape index (κ1) is 22.5. The molecule has 8 heteroatoms. The second-order valence-electron chi connectivity index (χ2n) is 9.51. The first-order chi connectivity index (χ1) is 17.6. The van der Waals surface area contributed by atoms with E-state index in [1.807, 2.05) is 43.3 Å². The van der Waals surface area contributed by atoms with Gasteiger partial charge in [-0.3, -0.25) is 9.69 Å². The van der Waals surface area contributed by atoms with Crippen molar-refractivity contribution in [2.45, 2.75) is 25.8 Å². The van der Waals surface area contributed by atoms with Gasteiger partial charge in [-0.2, -0.15) is 0 Å². The summed E-state index contributed by atoms with van der Waals surface area (Å²) in [5.41, 5.74) is 4.87. The third-order valence-corrected chi connectivity index (χ3v) is 7.33. The predicted molar refractivity (Wildman–Crippen MR) is 140 cm³/mol. The Morgan fingerprint density at radius 1 is 1.08 bits per heavy atom. The molecule has 2 aliphatic heterocycles. The van der Waals surface area contributed by atoms with E-state index in [-0.39, 0.29) is 5.91 Å². The van der Waals surface area contributed by atoms with Crippen LogP contribution in [0.3, 0.4) is 0 Å². The lowest BCUT2D eigenvalue weighted by atomic mass is 10.0. The number of pyridine rings is 1. The summed E-state index contributed by atoms with van der Waals surface area (Å²) in [7, 11) is 1.63. The van der Waals surface area contributed by atoms with Gasteiger partial charge < -0.3 is 19.5 Å². The van der Waals surface area contributed by atoms with Crippen LogP contribution in [0.25, 0.3) is 22.4 Å². The summed E-state index contributed by atoms with van der Waals surface area (Å²) in [6.45, 7) is 6.28. The highest BCUT2D eigenvalue weighted by atomic mass is 16.5. The number of aryl methyl sites for hydroxylation is 1. The molecule has 1 unspecified atom stereocenters. The third kappa shape index (κ3) is 4.18. The van der Waals surface area contributed by atoms with Crippen molar-refractivity contribution in [3.63, 3.8) is 0 Å². The zero-order chi connectivity index (χ0) is 24.6. The first-order valence-electron chi connectivity index (χ1n) is 12.4. The Hall–Kier alpha value is -3.91. The molecule has 2 saturated heterocycles. The number of rotatable bonds is 5. The number of amides is 1. The van der Waals surface area contributed by atoms with E-state index in [0.717, 1.165) is 36.6 Å². The van der Waals surface area contributed by atoms with E-state index < -0.39 is 0 Å². The van der Waals surface area contributed by atoms with E-state index in [1.54, 1.807) is 13.2 Å². The summed E-state index contributed by atoms with van der Waals surface area (Å²) in [5.74, 6) is 0.526. The molecule has 36 heavy (non-hydrogen) atoms. The molecule has 0 aliphatic carbocycles. The van der Waals surface area contributed by atoms with Crippen molar-refractivity contribution in [3.05, 3.63) is 65.9 Å². The molecule has 4 aromatic rings. The van der Waals surface area contributed by atoms with Crippen LogP contribution in [-0.4, -0.2) is 60.3 Å². The molecule has 0 radical (unpaired) electrons. The van der Waals surface area contributed by atoms with Gasteiger partial charge in [0.15, 0.2) is 0 Å². The molecule has 2 aromatic carbocycles. The number of methoxy groups -OCH3 is 1. The minimum atomic E-state index is -0.226. The van der Waals surface area contributed by atoms with Crippen molar-refractivity contribution in [1.29, 1.82) is 0 Å². The van der Waals surface area contributed by atoms with Gasteiger partial charge in [0, 0.05) is 42.6 Å². The topological polar surface area (TPSA) is 83.7 Å². The van der Waals surface area contributed by atoms with Crippen molar-refractivity contribution >= 4 is 28.4 Å². The Morgan fingerprint density at radius 2 is 1.89 bits per heavy atom. The van der Waals surface area contributed by atoms with Crippen LogP contribution >= 0.6 is 0 Å². The molecule has 1 atom stereocenters. The molecule has 2 fully saturated rings. The zero-order valence-electron chi connectivity index (χ0n) is 20.5. The van der Waals surface area contributed by atoms with Crippen LogP contribution in [0.2, 0.25) is 0 Å². The summed E-state index contributed by atoms with van der Waals surface area (Å²) in [4.78, 5) is 23.1. The second kappa shape index (κ2) is 9.28. The lowest BCUT2D eigenvalue weighted by molar-refractivity contribution is 0.102. The molecule has 2 aliphatic rings. The molecular formula is C28H29N5O3. The van der Waals surface area contributed by atoms with Gasteiger partial charge in [-0.15, -0.1) is 0 Å². The molecule has 0 spiro atoms. The van der Waals surface area contributed by atoms with Crippen molar-refractivity contribution in [3.8, 4) is 17.0 Å². The van der Waals surface area contributed by atoms with Gasteiger partial charge in [0.1, 0.15) is 5.75 Å². The summed E-state index contributed by atoms with van der Waals surface area (Å²) in [6, 6.07) is 18.1. The number of benzene rings is 2. The molecule has 8 nitrogen and oxygen atoms in total. The quantitative estimate of drug-likeness (QED) is 0.439. The van der Waals surface area contributed by atoms with Gasteiger partial charge in [0.05, 0.1) is 29.4 Å². The van der Waals surface area contributed by atoms with Gasteiger partial charge in [-0.05, 0) is 80.9 Å². The smallest absolute Gasteiger partial charge is 0.259 e. The number of hydrogen-bond donors (Lipinski definition) is 1. The minimum absolute atomic E-state index is 0.226. The van der Waals surface area contributed by atoms with E-state index in [1.165, 1.54) is 25.1 Å². The molecular weight excluding hydrogens is 454 g/mol. The number of ether oxygens (including phenoxy) is 1. The second-order valence-corrected chi connectivity index (χ2v) is 9.51. The minimum Gasteiger partial charge on any atom is -0.497 e. The average molecular weight is 484 g/mol. The van der Waals surface area contributed by atoms with Gasteiger partial charge in [-0.1, -0.05) is 5.16 Å². The van der Waals surface area contributed by atoms with E-state index >= 15 is 0 Å². The molecule has 4 heterocycles. The lowest BCUT2D eigenvalue weighted by Gasteiger charge is -2.38. The number of carbonyl (C=O) groups is 1. The van der Waals surface area contributed by atoms with Crippen molar-refractivity contribution < 1.29 is 14.1 Å². The Balaban J connectivity index is 1.24. The molecule has 0 bridgehead atoms. The maximum Gasteiger partial charge on any atom is 0.259 e. The van der Waals surface area contributed by atoms with Gasteiger partial charge in [0.25, 0.3) is 11.6 Å². The van der Waals surface area contributed by atoms with Gasteiger partial charge in [-0.25, -0.2) is 4.98 Å². The van der Waals surface area contributed by atoms with Crippen LogP contribution in [0.5, 0.6) is 5.75 Å². The van der Waals surface area contributed by atoms with Crippen LogP contribution in [0.4, 0.5) is 11.4 Å². The van der Waals surface area contributed by atoms with Crippen LogP contribution in [0.15, 0.2) is 59.1 Å². The van der Waals surface area contributed by atoms with E-state index in [0.29, 0.717) is 34.1 Å². The summed E-state index contributed by atoms with van der Waals surface area (Å²) in [6.07, 6.45) is 2.59. The highest BCUT2D eigenvalue weighted by Crippen LogP contribution is 2.30. The Bertz CT molecular complexity index is 1400. The average Bonchev–Trinajstić information content (AvgIpc) is 3.54. The van der Waals surface area contributed by atoms with E-state index in [9.17, 15) is 4.79 Å². The summed E-state index contributed by atoms with van der Waals surface area (Å²) in [5, 5.41) is 7.72. The molecule has 184 valence electrons. The summed E-state index contributed by atoms with van der Waals surface area (Å²) < 4.78 is 10.7. The Labute approximate surface area is 209 Å². The maximum atomic E-state index is 13.4. The number of nitrogens with zero attached hydrogens (tertiary/aromatic N) is 4. The highest BCUT2D eigenvalue weighted by molar-refractivity contribution is 6.13. The molecule has 0 saturated carbocycles. The number of piperazine rings is 1. The highest BCUT2D eigenvalue weighted by Gasteiger charge is 2.30. The fraction of sp³-hybridized carbons (Fsp3) is 0.321. The summed E-state index contributed by atoms with van der Waals surface area (Å²) >= 11 is 0. The Kier molecular flexibility index (Phi) is 5.81. The largest absolute Gasteiger partial charge is 0.497 e. The number of aromatic nitrogens is 2. The van der Waals surface area contributed by atoms with Crippen LogP contribution in [0.1, 0.15) is 28.9 Å². The number of fused-ring (bicyclic) bond motifs is 2. The fourth-order valence-electron chi connectivity index (χ4n) is 5.36. The zero-order valence-corrected chi connectivity index (χ0v) is 20.5. The van der Waals surface area contributed by atoms with Crippen LogP contribution < -0.4 is 15.0 Å². The van der Waals surface area contributed by atoms with Gasteiger partial charge >= 0.3 is 0 Å². The molecule has 1 amide bonds. The number of anilines is 2. The fourth-order valence-corrected chi connectivity index (χ4v) is 5.36. The van der Waals surface area contributed by atoms with Crippen LogP contribution in [0, 0.1) is 6.92 Å². The number of nitrogens with one attached hydrogen (secondary N) is 1. The Morgan fingerprint density at radius 3 is 2.67 bits per heavy atom. The van der Waals surface area contributed by atoms with Crippen molar-refractivity contribution in [2.75, 3.05) is 43.5 Å². The van der Waals surface area contributed by atoms with Gasteiger partial charge in [0.2, 0.25) is 0 Å². The molecule has 2 aromatic heterocycles. The standard InChI is InChI=1S/C28H29N5O3/c1-18-26-24(16-25(30-28(26)36-31-18)19-5-11-23(35-2)12-6-19)27(34)29-20-7-9-21(10-8-20)33-15-14-32-13-3-4-22(32)17-33/h5-12,16,22H,3-4,13-15,17H2,1-2H3,(H,29,34).